The number of ether oxygens (including phenoxy) is 1. The highest BCUT2D eigenvalue weighted by atomic mass is 16.6. The highest BCUT2D eigenvalue weighted by Crippen LogP contribution is 2.36. The van der Waals surface area contributed by atoms with Crippen LogP contribution in [0, 0.1) is 10.1 Å². The van der Waals surface area contributed by atoms with E-state index < -0.39 is 10.5 Å². The number of hydrogen-bond acceptors (Lipinski definition) is 5. The van der Waals surface area contributed by atoms with Gasteiger partial charge in [-0.05, 0) is 32.6 Å². The second-order valence-electron chi connectivity index (χ2n) is 6.18. The molecule has 0 atom stereocenters. The molecular weight excluding hydrogens is 286 g/mol. The molecule has 2 aromatic rings. The third-order valence-corrected chi connectivity index (χ3v) is 4.43. The third-order valence-electron chi connectivity index (χ3n) is 4.43. The summed E-state index contributed by atoms with van der Waals surface area (Å²) in [5, 5.41) is 26.4. The summed E-state index contributed by atoms with van der Waals surface area (Å²) >= 11 is 0. The Bertz CT molecular complexity index is 713. The Morgan fingerprint density at radius 1 is 1.45 bits per heavy atom. The van der Waals surface area contributed by atoms with Crippen LogP contribution in [0.1, 0.15) is 38.6 Å². The number of rotatable bonds is 3. The van der Waals surface area contributed by atoms with E-state index in [2.05, 4.69) is 5.10 Å². The van der Waals surface area contributed by atoms with E-state index in [0.29, 0.717) is 5.52 Å². The molecule has 0 aliphatic heterocycles. The number of methoxy groups -OCH3 is 1. The zero-order chi connectivity index (χ0) is 15.9. The van der Waals surface area contributed by atoms with Gasteiger partial charge in [-0.3, -0.25) is 14.8 Å². The molecule has 1 N–H and O–H groups in total. The molecule has 0 spiro atoms. The van der Waals surface area contributed by atoms with Crippen LogP contribution in [0.25, 0.3) is 10.9 Å². The van der Waals surface area contributed by atoms with Crippen molar-refractivity contribution in [1.29, 1.82) is 0 Å². The molecule has 1 aromatic heterocycles. The van der Waals surface area contributed by atoms with E-state index in [1.54, 1.807) is 6.07 Å². The van der Waals surface area contributed by atoms with Crippen LogP contribution >= 0.6 is 0 Å². The molecule has 1 aliphatic rings. The first kappa shape index (κ1) is 14.8. The largest absolute Gasteiger partial charge is 0.490 e. The number of aromatic nitrogens is 2. The molecule has 1 saturated carbocycles. The Hall–Kier alpha value is -2.15. The minimum atomic E-state index is -0.592. The van der Waals surface area contributed by atoms with E-state index in [9.17, 15) is 15.2 Å². The van der Waals surface area contributed by atoms with Crippen molar-refractivity contribution in [1.82, 2.24) is 9.78 Å². The van der Waals surface area contributed by atoms with Crippen LogP contribution in [0.3, 0.4) is 0 Å². The quantitative estimate of drug-likeness (QED) is 0.695. The average Bonchev–Trinajstić information content (AvgIpc) is 2.88. The first-order valence-electron chi connectivity index (χ1n) is 7.33. The van der Waals surface area contributed by atoms with Crippen molar-refractivity contribution < 1.29 is 14.8 Å². The van der Waals surface area contributed by atoms with Gasteiger partial charge in [0.2, 0.25) is 0 Å². The van der Waals surface area contributed by atoms with Crippen LogP contribution in [0.4, 0.5) is 5.69 Å². The summed E-state index contributed by atoms with van der Waals surface area (Å²) in [6.45, 7) is 1.86. The lowest BCUT2D eigenvalue weighted by Gasteiger charge is -2.33. The van der Waals surface area contributed by atoms with Crippen LogP contribution in [0.5, 0.6) is 5.75 Å². The molecule has 0 bridgehead atoms. The lowest BCUT2D eigenvalue weighted by molar-refractivity contribution is -0.385. The van der Waals surface area contributed by atoms with Gasteiger partial charge in [-0.1, -0.05) is 0 Å². The Labute approximate surface area is 127 Å². The number of aliphatic hydroxyl groups is 1. The van der Waals surface area contributed by atoms with E-state index in [4.69, 9.17) is 4.74 Å². The van der Waals surface area contributed by atoms with Crippen molar-refractivity contribution in [3.8, 4) is 5.75 Å². The molecule has 118 valence electrons. The monoisotopic (exact) mass is 305 g/mol. The highest BCUT2D eigenvalue weighted by Gasteiger charge is 2.30. The molecule has 0 amide bonds. The molecule has 3 rings (SSSR count). The fourth-order valence-electron chi connectivity index (χ4n) is 3.04. The van der Waals surface area contributed by atoms with Crippen molar-refractivity contribution in [3.05, 3.63) is 28.4 Å². The second kappa shape index (κ2) is 5.24. The van der Waals surface area contributed by atoms with E-state index in [0.717, 1.165) is 31.1 Å². The summed E-state index contributed by atoms with van der Waals surface area (Å²) in [4.78, 5) is 10.6. The maximum Gasteiger partial charge on any atom is 0.311 e. The van der Waals surface area contributed by atoms with E-state index in [-0.39, 0.29) is 17.5 Å². The molecule has 0 radical (unpaired) electrons. The zero-order valence-electron chi connectivity index (χ0n) is 12.7. The minimum absolute atomic E-state index is 0.0545. The van der Waals surface area contributed by atoms with Gasteiger partial charge in [0.05, 0.1) is 29.2 Å². The number of fused-ring (bicyclic) bond motifs is 1. The smallest absolute Gasteiger partial charge is 0.311 e. The first-order valence-corrected chi connectivity index (χ1v) is 7.33. The van der Waals surface area contributed by atoms with Crippen molar-refractivity contribution in [3.63, 3.8) is 0 Å². The normalized spacial score (nSPS) is 25.3. The van der Waals surface area contributed by atoms with Gasteiger partial charge >= 0.3 is 5.69 Å². The van der Waals surface area contributed by atoms with Gasteiger partial charge in [-0.25, -0.2) is 0 Å². The molecule has 1 aliphatic carbocycles. The number of hydrogen-bond donors (Lipinski definition) is 1. The Morgan fingerprint density at radius 2 is 2.14 bits per heavy atom. The maximum atomic E-state index is 11.1. The molecule has 0 unspecified atom stereocenters. The first-order chi connectivity index (χ1) is 10.4. The van der Waals surface area contributed by atoms with E-state index in [1.807, 2.05) is 17.8 Å². The van der Waals surface area contributed by atoms with Crippen molar-refractivity contribution >= 4 is 16.6 Å². The van der Waals surface area contributed by atoms with Gasteiger partial charge in [-0.15, -0.1) is 0 Å². The van der Waals surface area contributed by atoms with Gasteiger partial charge in [-0.2, -0.15) is 5.10 Å². The zero-order valence-corrected chi connectivity index (χ0v) is 12.7. The van der Waals surface area contributed by atoms with Gasteiger partial charge < -0.3 is 9.84 Å². The molecule has 0 saturated heterocycles. The molecule has 22 heavy (non-hydrogen) atoms. The lowest BCUT2D eigenvalue weighted by Crippen LogP contribution is -2.31. The third kappa shape index (κ3) is 2.64. The van der Waals surface area contributed by atoms with Crippen LogP contribution in [-0.2, 0) is 0 Å². The van der Waals surface area contributed by atoms with Crippen molar-refractivity contribution in [2.45, 2.75) is 44.2 Å². The standard InChI is InChI=1S/C15H19N3O4/c1-15(19)5-3-11(4-6-15)17-9-10-7-13(18(20)21)14(22-2)8-12(10)16-17/h7-9,11,19H,3-6H2,1-2H3. The minimum Gasteiger partial charge on any atom is -0.490 e. The summed E-state index contributed by atoms with van der Waals surface area (Å²) < 4.78 is 6.94. The Morgan fingerprint density at radius 3 is 2.73 bits per heavy atom. The topological polar surface area (TPSA) is 90.4 Å². The van der Waals surface area contributed by atoms with Gasteiger partial charge in [0.15, 0.2) is 5.75 Å². The predicted octanol–water partition coefficient (Wildman–Crippen LogP) is 2.82. The number of nitrogens with zero attached hydrogens (tertiary/aromatic N) is 3. The fraction of sp³-hybridized carbons (Fsp3) is 0.533. The van der Waals surface area contributed by atoms with Gasteiger partial charge in [0.25, 0.3) is 0 Å². The maximum absolute atomic E-state index is 11.1. The second-order valence-corrected chi connectivity index (χ2v) is 6.18. The van der Waals surface area contributed by atoms with Crippen LogP contribution in [0.15, 0.2) is 18.3 Å². The SMILES string of the molecule is COc1cc2nn(C3CCC(C)(O)CC3)cc2cc1[N+](=O)[O-]. The molecular formula is C15H19N3O4. The molecule has 7 nitrogen and oxygen atoms in total. The van der Waals surface area contributed by atoms with Crippen molar-refractivity contribution in [2.75, 3.05) is 7.11 Å². The van der Waals surface area contributed by atoms with Crippen LogP contribution < -0.4 is 4.74 Å². The predicted molar refractivity (Wildman–Crippen MR) is 81.1 cm³/mol. The number of nitro groups is 1. The van der Waals surface area contributed by atoms with E-state index >= 15 is 0 Å². The summed E-state index contributed by atoms with van der Waals surface area (Å²) in [6.07, 6.45) is 5.00. The summed E-state index contributed by atoms with van der Waals surface area (Å²) in [5.41, 5.74) is 0.0337. The highest BCUT2D eigenvalue weighted by molar-refractivity contribution is 5.83. The lowest BCUT2D eigenvalue weighted by atomic mass is 9.84. The molecule has 1 heterocycles. The summed E-state index contributed by atoms with van der Waals surface area (Å²) in [6, 6.07) is 3.32. The number of nitro benzene ring substituents is 1. The summed E-state index contributed by atoms with van der Waals surface area (Å²) in [7, 11) is 1.41. The summed E-state index contributed by atoms with van der Waals surface area (Å²) in [5.74, 6) is 0.217. The van der Waals surface area contributed by atoms with Crippen molar-refractivity contribution in [2.24, 2.45) is 0 Å². The Balaban J connectivity index is 1.95. The molecule has 7 heteroatoms. The average molecular weight is 305 g/mol. The van der Waals surface area contributed by atoms with Gasteiger partial charge in [0, 0.05) is 23.7 Å². The van der Waals surface area contributed by atoms with Crippen LogP contribution in [0.2, 0.25) is 0 Å². The number of benzene rings is 1. The Kier molecular flexibility index (Phi) is 3.52. The van der Waals surface area contributed by atoms with Gasteiger partial charge in [0.1, 0.15) is 0 Å². The van der Waals surface area contributed by atoms with E-state index in [1.165, 1.54) is 13.2 Å². The van der Waals surface area contributed by atoms with Crippen LogP contribution in [-0.4, -0.2) is 32.5 Å². The fourth-order valence-corrected chi connectivity index (χ4v) is 3.04. The molecule has 1 aromatic carbocycles. The molecule has 1 fully saturated rings.